The highest BCUT2D eigenvalue weighted by Crippen LogP contribution is 2.26. The lowest BCUT2D eigenvalue weighted by atomic mass is 9.94. The summed E-state index contributed by atoms with van der Waals surface area (Å²) in [5.74, 6) is 0.0346. The number of hydrogen-bond acceptors (Lipinski definition) is 2. The molecule has 4 heteroatoms. The zero-order valence-corrected chi connectivity index (χ0v) is 10.1. The van der Waals surface area contributed by atoms with Crippen LogP contribution < -0.4 is 0 Å². The van der Waals surface area contributed by atoms with Crippen LogP contribution in [0.25, 0.3) is 0 Å². The molecule has 1 aromatic rings. The van der Waals surface area contributed by atoms with E-state index in [1.807, 2.05) is 6.92 Å². The molecule has 1 rings (SSSR count). The summed E-state index contributed by atoms with van der Waals surface area (Å²) in [4.78, 5) is 0. The quantitative estimate of drug-likeness (QED) is 0.831. The molecule has 17 heavy (non-hydrogen) atoms. The van der Waals surface area contributed by atoms with Crippen molar-refractivity contribution in [3.05, 3.63) is 35.4 Å². The Labute approximate surface area is 100 Å². The van der Waals surface area contributed by atoms with Crippen molar-refractivity contribution in [1.82, 2.24) is 0 Å². The zero-order valence-electron chi connectivity index (χ0n) is 10.1. The van der Waals surface area contributed by atoms with Gasteiger partial charge in [-0.15, -0.1) is 0 Å². The van der Waals surface area contributed by atoms with Gasteiger partial charge in [-0.3, -0.25) is 0 Å². The number of hydrogen-bond donors (Lipinski definition) is 1. The van der Waals surface area contributed by atoms with Crippen LogP contribution in [0.2, 0.25) is 0 Å². The first kappa shape index (κ1) is 14.1. The van der Waals surface area contributed by atoms with Crippen LogP contribution >= 0.6 is 0 Å². The molecule has 0 aliphatic carbocycles. The summed E-state index contributed by atoms with van der Waals surface area (Å²) in [6.07, 6.45) is -2.38. The molecule has 0 aliphatic heterocycles. The van der Waals surface area contributed by atoms with E-state index in [0.29, 0.717) is 12.2 Å². The highest BCUT2D eigenvalue weighted by Gasteiger charge is 2.16. The van der Waals surface area contributed by atoms with Crippen molar-refractivity contribution >= 4 is 0 Å². The van der Waals surface area contributed by atoms with Crippen LogP contribution in [0.4, 0.5) is 8.78 Å². The number of aliphatic hydroxyl groups is 1. The molecule has 0 aliphatic rings. The molecule has 0 radical (unpaired) electrons. The average Bonchev–Trinajstić information content (AvgIpc) is 2.35. The van der Waals surface area contributed by atoms with E-state index < -0.39 is 12.5 Å². The van der Waals surface area contributed by atoms with Crippen LogP contribution in [0.5, 0.6) is 0 Å². The Bertz CT molecular complexity index is 325. The summed E-state index contributed by atoms with van der Waals surface area (Å²) in [5.41, 5.74) is 0.642. The molecule has 96 valence electrons. The van der Waals surface area contributed by atoms with Gasteiger partial charge in [0.1, 0.15) is 0 Å². The van der Waals surface area contributed by atoms with Crippen LogP contribution in [0.1, 0.15) is 37.0 Å². The van der Waals surface area contributed by atoms with Gasteiger partial charge in [-0.25, -0.2) is 8.78 Å². The summed E-state index contributed by atoms with van der Waals surface area (Å²) < 4.78 is 29.6. The number of benzene rings is 1. The van der Waals surface area contributed by atoms with Gasteiger partial charge in [0.2, 0.25) is 0 Å². The van der Waals surface area contributed by atoms with E-state index in [1.165, 1.54) is 12.1 Å². The van der Waals surface area contributed by atoms with E-state index in [4.69, 9.17) is 4.74 Å². The lowest BCUT2D eigenvalue weighted by Crippen LogP contribution is -2.11. The second-order valence-electron chi connectivity index (χ2n) is 4.17. The minimum atomic E-state index is -2.47. The molecule has 0 saturated carbocycles. The third-order valence-electron chi connectivity index (χ3n) is 2.85. The first-order valence-electron chi connectivity index (χ1n) is 5.61. The van der Waals surface area contributed by atoms with E-state index in [1.54, 1.807) is 19.2 Å². The van der Waals surface area contributed by atoms with Crippen LogP contribution in [0.15, 0.2) is 24.3 Å². The molecule has 0 spiro atoms. The Morgan fingerprint density at radius 3 is 2.18 bits per heavy atom. The molecule has 2 nitrogen and oxygen atoms in total. The minimum absolute atomic E-state index is 0.0227. The fourth-order valence-corrected chi connectivity index (χ4v) is 1.63. The molecule has 0 amide bonds. The number of aliphatic hydroxyl groups excluding tert-OH is 1. The minimum Gasteiger partial charge on any atom is -0.388 e. The maximum Gasteiger partial charge on any atom is 0.263 e. The predicted octanol–water partition coefficient (Wildman–Crippen LogP) is 3.33. The number of ether oxygens (including phenoxy) is 1. The average molecular weight is 244 g/mol. The van der Waals surface area contributed by atoms with Crippen LogP contribution in [-0.4, -0.2) is 18.8 Å². The fourth-order valence-electron chi connectivity index (χ4n) is 1.63. The molecule has 0 heterocycles. The smallest absolute Gasteiger partial charge is 0.263 e. The largest absolute Gasteiger partial charge is 0.388 e. The summed E-state index contributed by atoms with van der Waals surface area (Å²) in [5, 5.41) is 10.0. The van der Waals surface area contributed by atoms with Gasteiger partial charge in [0.15, 0.2) is 0 Å². The number of halogens is 2. The van der Waals surface area contributed by atoms with Crippen molar-refractivity contribution in [3.8, 4) is 0 Å². The Hall–Kier alpha value is -1.00. The summed E-state index contributed by atoms with van der Waals surface area (Å²) in [7, 11) is 1.61. The number of rotatable bonds is 6. The van der Waals surface area contributed by atoms with Crippen LogP contribution in [0, 0.1) is 5.92 Å². The lowest BCUT2D eigenvalue weighted by Gasteiger charge is -2.19. The first-order chi connectivity index (χ1) is 8.06. The van der Waals surface area contributed by atoms with Gasteiger partial charge in [0.25, 0.3) is 6.43 Å². The highest BCUT2D eigenvalue weighted by molar-refractivity contribution is 5.25. The van der Waals surface area contributed by atoms with Crippen molar-refractivity contribution in [1.29, 1.82) is 0 Å². The van der Waals surface area contributed by atoms with Gasteiger partial charge >= 0.3 is 0 Å². The highest BCUT2D eigenvalue weighted by atomic mass is 19.3. The van der Waals surface area contributed by atoms with Gasteiger partial charge in [-0.1, -0.05) is 31.2 Å². The van der Waals surface area contributed by atoms with E-state index in [0.717, 1.165) is 6.42 Å². The Balaban J connectivity index is 2.65. The molecule has 0 saturated heterocycles. The van der Waals surface area contributed by atoms with Gasteiger partial charge in [-0.05, 0) is 17.9 Å². The van der Waals surface area contributed by atoms with Gasteiger partial charge in [0, 0.05) is 19.3 Å². The fraction of sp³-hybridized carbons (Fsp3) is 0.538. The third-order valence-corrected chi connectivity index (χ3v) is 2.85. The molecule has 0 fully saturated rings. The van der Waals surface area contributed by atoms with Crippen LogP contribution in [-0.2, 0) is 4.74 Å². The Morgan fingerprint density at radius 2 is 1.71 bits per heavy atom. The SMILES string of the molecule is COCCC(C)C(O)c1ccc(C(F)F)cc1. The maximum absolute atomic E-state index is 12.3. The first-order valence-corrected chi connectivity index (χ1v) is 5.61. The van der Waals surface area contributed by atoms with Gasteiger partial charge in [0.05, 0.1) is 6.10 Å². The van der Waals surface area contributed by atoms with E-state index >= 15 is 0 Å². The zero-order chi connectivity index (χ0) is 12.8. The van der Waals surface area contributed by atoms with E-state index in [9.17, 15) is 13.9 Å². The normalized spacial score (nSPS) is 14.9. The molecule has 2 unspecified atom stereocenters. The molecule has 0 bridgehead atoms. The topological polar surface area (TPSA) is 29.5 Å². The van der Waals surface area contributed by atoms with Crippen molar-refractivity contribution in [2.24, 2.45) is 5.92 Å². The van der Waals surface area contributed by atoms with Gasteiger partial charge in [-0.2, -0.15) is 0 Å². The van der Waals surface area contributed by atoms with E-state index in [2.05, 4.69) is 0 Å². The standard InChI is InChI=1S/C13H18F2O2/c1-9(7-8-17-2)12(16)10-3-5-11(6-4-10)13(14)15/h3-6,9,12-13,16H,7-8H2,1-2H3. The molecule has 1 N–H and O–H groups in total. The second kappa shape index (κ2) is 6.67. The van der Waals surface area contributed by atoms with Crippen LogP contribution in [0.3, 0.4) is 0 Å². The van der Waals surface area contributed by atoms with Crippen molar-refractivity contribution < 1.29 is 18.6 Å². The number of methoxy groups -OCH3 is 1. The lowest BCUT2D eigenvalue weighted by molar-refractivity contribution is 0.0884. The molecule has 2 atom stereocenters. The Kier molecular flexibility index (Phi) is 5.51. The Morgan fingerprint density at radius 1 is 1.18 bits per heavy atom. The predicted molar refractivity (Wildman–Crippen MR) is 62.0 cm³/mol. The monoisotopic (exact) mass is 244 g/mol. The van der Waals surface area contributed by atoms with Gasteiger partial charge < -0.3 is 9.84 Å². The molecular formula is C13H18F2O2. The van der Waals surface area contributed by atoms with Crippen molar-refractivity contribution in [2.45, 2.75) is 25.9 Å². The third kappa shape index (κ3) is 4.06. The maximum atomic E-state index is 12.3. The summed E-state index contributed by atoms with van der Waals surface area (Å²) in [6.45, 7) is 2.48. The summed E-state index contributed by atoms with van der Waals surface area (Å²) >= 11 is 0. The molecule has 0 aromatic heterocycles. The van der Waals surface area contributed by atoms with Crippen molar-refractivity contribution in [3.63, 3.8) is 0 Å². The summed E-state index contributed by atoms with van der Waals surface area (Å²) in [6, 6.07) is 5.81. The number of alkyl halides is 2. The van der Waals surface area contributed by atoms with E-state index in [-0.39, 0.29) is 11.5 Å². The van der Waals surface area contributed by atoms with Crippen molar-refractivity contribution in [2.75, 3.05) is 13.7 Å². The molecular weight excluding hydrogens is 226 g/mol. The second-order valence-corrected chi connectivity index (χ2v) is 4.17. The molecule has 1 aromatic carbocycles.